The highest BCUT2D eigenvalue weighted by molar-refractivity contribution is 7.89. The maximum absolute atomic E-state index is 13.0. The van der Waals surface area contributed by atoms with Crippen molar-refractivity contribution in [2.24, 2.45) is 5.92 Å². The molecule has 184 valence electrons. The normalized spacial score (nSPS) is 16.1. The molecule has 1 aliphatic heterocycles. The van der Waals surface area contributed by atoms with E-state index in [2.05, 4.69) is 10.6 Å². The third kappa shape index (κ3) is 6.65. The van der Waals surface area contributed by atoms with E-state index in [-0.39, 0.29) is 35.7 Å². The van der Waals surface area contributed by atoms with E-state index in [0.29, 0.717) is 38.0 Å². The van der Waals surface area contributed by atoms with E-state index in [1.165, 1.54) is 4.31 Å². The van der Waals surface area contributed by atoms with Crippen LogP contribution in [0.4, 0.5) is 0 Å². The first-order valence-corrected chi connectivity index (χ1v) is 13.0. The maximum Gasteiger partial charge on any atom is 0.251 e. The molecule has 2 N–H and O–H groups in total. The second kappa shape index (κ2) is 12.1. The van der Waals surface area contributed by atoms with Gasteiger partial charge in [-0.25, -0.2) is 8.42 Å². The first kappa shape index (κ1) is 25.9. The molecule has 3 rings (SSSR count). The topological polar surface area (TPSA) is 105 Å². The first-order chi connectivity index (χ1) is 16.3. The molecular formula is C25H33N3O5S. The molecule has 1 heterocycles. The number of rotatable bonds is 10. The van der Waals surface area contributed by atoms with E-state index in [1.807, 2.05) is 13.0 Å². The summed E-state index contributed by atoms with van der Waals surface area (Å²) in [5, 5.41) is 5.76. The van der Waals surface area contributed by atoms with Gasteiger partial charge in [0.1, 0.15) is 6.04 Å². The van der Waals surface area contributed by atoms with Crippen LogP contribution in [0.3, 0.4) is 0 Å². The highest BCUT2D eigenvalue weighted by atomic mass is 32.2. The van der Waals surface area contributed by atoms with Gasteiger partial charge in [-0.2, -0.15) is 4.31 Å². The number of nitrogens with zero attached hydrogens (tertiary/aromatic N) is 1. The van der Waals surface area contributed by atoms with Gasteiger partial charge >= 0.3 is 0 Å². The second-order valence-corrected chi connectivity index (χ2v) is 10.4. The molecule has 0 saturated carbocycles. The largest absolute Gasteiger partial charge is 0.385 e. The van der Waals surface area contributed by atoms with Gasteiger partial charge in [-0.3, -0.25) is 9.59 Å². The van der Waals surface area contributed by atoms with Gasteiger partial charge in [0.2, 0.25) is 15.9 Å². The Kier molecular flexibility index (Phi) is 9.20. The lowest BCUT2D eigenvalue weighted by Gasteiger charge is -2.35. The third-order valence-electron chi connectivity index (χ3n) is 6.06. The Morgan fingerprint density at radius 3 is 2.32 bits per heavy atom. The number of aryl methyl sites for hydroxylation is 1. The summed E-state index contributed by atoms with van der Waals surface area (Å²) in [7, 11) is -2.00. The molecule has 0 radical (unpaired) electrons. The summed E-state index contributed by atoms with van der Waals surface area (Å²) >= 11 is 0. The minimum Gasteiger partial charge on any atom is -0.385 e. The third-order valence-corrected chi connectivity index (χ3v) is 7.97. The van der Waals surface area contributed by atoms with E-state index >= 15 is 0 Å². The second-order valence-electron chi connectivity index (χ2n) is 8.51. The fraction of sp³-hybridized carbons (Fsp3) is 0.440. The molecule has 1 saturated heterocycles. The van der Waals surface area contributed by atoms with Crippen LogP contribution < -0.4 is 10.6 Å². The Morgan fingerprint density at radius 1 is 1.06 bits per heavy atom. The molecule has 2 amide bonds. The summed E-state index contributed by atoms with van der Waals surface area (Å²) in [5.41, 5.74) is 1.46. The van der Waals surface area contributed by atoms with Crippen LogP contribution in [0.1, 0.15) is 35.2 Å². The van der Waals surface area contributed by atoms with Crippen LogP contribution in [0.25, 0.3) is 0 Å². The van der Waals surface area contributed by atoms with Gasteiger partial charge in [0.25, 0.3) is 5.91 Å². The van der Waals surface area contributed by atoms with Gasteiger partial charge in [0.05, 0.1) is 4.90 Å². The van der Waals surface area contributed by atoms with E-state index in [9.17, 15) is 18.0 Å². The Labute approximate surface area is 201 Å². The van der Waals surface area contributed by atoms with Gasteiger partial charge in [-0.05, 0) is 56.4 Å². The zero-order valence-electron chi connectivity index (χ0n) is 19.7. The summed E-state index contributed by atoms with van der Waals surface area (Å²) in [6.07, 6.45) is 1.60. The average molecular weight is 488 g/mol. The maximum atomic E-state index is 13.0. The summed E-state index contributed by atoms with van der Waals surface area (Å²) in [4.78, 5) is 26.1. The minimum atomic E-state index is -3.60. The summed E-state index contributed by atoms with van der Waals surface area (Å²) in [6, 6.07) is 14.8. The van der Waals surface area contributed by atoms with Crippen LogP contribution in [0.2, 0.25) is 0 Å². The monoisotopic (exact) mass is 487 g/mol. The Bertz CT molecular complexity index is 1050. The van der Waals surface area contributed by atoms with Crippen molar-refractivity contribution in [2.75, 3.05) is 33.4 Å². The fourth-order valence-electron chi connectivity index (χ4n) is 4.06. The predicted octanol–water partition coefficient (Wildman–Crippen LogP) is 2.35. The smallest absolute Gasteiger partial charge is 0.251 e. The number of hydrogen-bond donors (Lipinski definition) is 2. The molecular weight excluding hydrogens is 454 g/mol. The molecule has 1 atom stereocenters. The highest BCUT2D eigenvalue weighted by Crippen LogP contribution is 2.26. The van der Waals surface area contributed by atoms with Crippen molar-refractivity contribution >= 4 is 21.8 Å². The van der Waals surface area contributed by atoms with Crippen molar-refractivity contribution in [1.82, 2.24) is 14.9 Å². The highest BCUT2D eigenvalue weighted by Gasteiger charge is 2.36. The van der Waals surface area contributed by atoms with E-state index < -0.39 is 16.1 Å². The SMILES string of the molecule is COCCCNC(=O)C(NC(=O)c1ccccc1)C1CCN(S(=O)(=O)c2ccc(C)cc2)CC1. The average Bonchev–Trinajstić information content (AvgIpc) is 2.86. The summed E-state index contributed by atoms with van der Waals surface area (Å²) in [6.45, 7) is 3.44. The molecule has 0 spiro atoms. The first-order valence-electron chi connectivity index (χ1n) is 11.5. The van der Waals surface area contributed by atoms with Crippen molar-refractivity contribution in [3.05, 3.63) is 65.7 Å². The van der Waals surface area contributed by atoms with Gasteiger partial charge in [-0.1, -0.05) is 35.9 Å². The Balaban J connectivity index is 1.69. The number of sulfonamides is 1. The van der Waals surface area contributed by atoms with Crippen LogP contribution in [0, 0.1) is 12.8 Å². The van der Waals surface area contributed by atoms with Crippen LogP contribution in [-0.2, 0) is 19.6 Å². The molecule has 0 aromatic heterocycles. The van der Waals surface area contributed by atoms with Gasteiger partial charge in [0, 0.05) is 38.9 Å². The molecule has 34 heavy (non-hydrogen) atoms. The molecule has 2 aromatic carbocycles. The zero-order chi connectivity index (χ0) is 24.6. The lowest BCUT2D eigenvalue weighted by molar-refractivity contribution is -0.124. The molecule has 1 unspecified atom stereocenters. The van der Waals surface area contributed by atoms with Crippen molar-refractivity contribution in [3.63, 3.8) is 0 Å². The van der Waals surface area contributed by atoms with Gasteiger partial charge in [0.15, 0.2) is 0 Å². The number of amides is 2. The number of carbonyl (C=O) groups excluding carboxylic acids is 2. The summed E-state index contributed by atoms with van der Waals surface area (Å²) < 4.78 is 32.6. The van der Waals surface area contributed by atoms with Gasteiger partial charge in [-0.15, -0.1) is 0 Å². The molecule has 1 fully saturated rings. The summed E-state index contributed by atoms with van der Waals surface area (Å²) in [5.74, 6) is -0.771. The number of ether oxygens (including phenoxy) is 1. The van der Waals surface area contributed by atoms with Crippen LogP contribution in [0.5, 0.6) is 0 Å². The minimum absolute atomic E-state index is 0.181. The van der Waals surface area contributed by atoms with Crippen molar-refractivity contribution in [2.45, 2.75) is 37.1 Å². The van der Waals surface area contributed by atoms with Gasteiger partial charge < -0.3 is 15.4 Å². The van der Waals surface area contributed by atoms with Crippen LogP contribution in [0.15, 0.2) is 59.5 Å². The fourth-order valence-corrected chi connectivity index (χ4v) is 5.53. The quantitative estimate of drug-likeness (QED) is 0.501. The molecule has 0 aliphatic carbocycles. The van der Waals surface area contributed by atoms with Crippen molar-refractivity contribution in [3.8, 4) is 0 Å². The standard InChI is InChI=1S/C25H33N3O5S/c1-19-9-11-22(12-10-19)34(31,32)28-16-13-20(14-17-28)23(25(30)26-15-6-18-33-2)27-24(29)21-7-4-3-5-8-21/h3-5,7-12,20,23H,6,13-18H2,1-2H3,(H,26,30)(H,27,29). The van der Waals surface area contributed by atoms with Crippen LogP contribution >= 0.6 is 0 Å². The number of carbonyl (C=O) groups is 2. The number of benzene rings is 2. The van der Waals surface area contributed by atoms with E-state index in [1.54, 1.807) is 55.6 Å². The number of nitrogens with one attached hydrogen (secondary N) is 2. The zero-order valence-corrected chi connectivity index (χ0v) is 20.5. The van der Waals surface area contributed by atoms with Crippen LogP contribution in [-0.4, -0.2) is 63.9 Å². The number of methoxy groups -OCH3 is 1. The lowest BCUT2D eigenvalue weighted by atomic mass is 9.89. The van der Waals surface area contributed by atoms with Crippen molar-refractivity contribution < 1.29 is 22.7 Å². The molecule has 2 aromatic rings. The Hall–Kier alpha value is -2.75. The molecule has 9 heteroatoms. The number of hydrogen-bond acceptors (Lipinski definition) is 5. The lowest BCUT2D eigenvalue weighted by Crippen LogP contribution is -2.54. The molecule has 1 aliphatic rings. The molecule has 8 nitrogen and oxygen atoms in total. The number of piperidine rings is 1. The molecule has 0 bridgehead atoms. The van der Waals surface area contributed by atoms with Crippen molar-refractivity contribution in [1.29, 1.82) is 0 Å². The van der Waals surface area contributed by atoms with E-state index in [0.717, 1.165) is 5.56 Å². The Morgan fingerprint density at radius 2 is 1.71 bits per heavy atom. The van der Waals surface area contributed by atoms with E-state index in [4.69, 9.17) is 4.74 Å². The predicted molar refractivity (Wildman–Crippen MR) is 130 cm³/mol.